The second-order valence-corrected chi connectivity index (χ2v) is 4.52. The number of benzene rings is 1. The number of hydrogen-bond donors (Lipinski definition) is 0. The highest BCUT2D eigenvalue weighted by atomic mass is 35.5. The number of thiophene rings is 1. The van der Waals surface area contributed by atoms with E-state index in [-0.39, 0.29) is 0 Å². The van der Waals surface area contributed by atoms with Crippen LogP contribution in [0.1, 0.15) is 10.4 Å². The van der Waals surface area contributed by atoms with Crippen LogP contribution in [0.2, 0.25) is 4.34 Å². The molecular weight excluding hydrogens is 220 g/mol. The van der Waals surface area contributed by atoms with Crippen LogP contribution in [-0.2, 0) is 0 Å². The van der Waals surface area contributed by atoms with Gasteiger partial charge in [0, 0.05) is 4.70 Å². The van der Waals surface area contributed by atoms with Gasteiger partial charge in [0.2, 0.25) is 0 Å². The van der Waals surface area contributed by atoms with E-state index < -0.39 is 0 Å². The summed E-state index contributed by atoms with van der Waals surface area (Å²) in [6.45, 7) is 0. The molecule has 4 heteroatoms. The number of aldehydes is 1. The molecule has 0 aliphatic rings. The quantitative estimate of drug-likeness (QED) is 0.734. The summed E-state index contributed by atoms with van der Waals surface area (Å²) in [4.78, 5) is 10.7. The monoisotopic (exact) mass is 226 g/mol. The summed E-state index contributed by atoms with van der Waals surface area (Å²) in [5.74, 6) is 0.585. The van der Waals surface area contributed by atoms with Gasteiger partial charge >= 0.3 is 0 Å². The number of methoxy groups -OCH3 is 1. The minimum atomic E-state index is 0.554. The average molecular weight is 227 g/mol. The molecule has 0 atom stereocenters. The Kier molecular flexibility index (Phi) is 2.44. The van der Waals surface area contributed by atoms with Crippen LogP contribution in [0.4, 0.5) is 0 Å². The Bertz CT molecular complexity index is 490. The third kappa shape index (κ3) is 1.49. The smallest absolute Gasteiger partial charge is 0.153 e. The fraction of sp³-hybridized carbons (Fsp3) is 0.100. The summed E-state index contributed by atoms with van der Waals surface area (Å²) in [5.41, 5.74) is 0.554. The Morgan fingerprint density at radius 3 is 2.86 bits per heavy atom. The Morgan fingerprint density at radius 2 is 2.21 bits per heavy atom. The van der Waals surface area contributed by atoms with E-state index in [0.717, 1.165) is 16.4 Å². The summed E-state index contributed by atoms with van der Waals surface area (Å²) >= 11 is 7.32. The lowest BCUT2D eigenvalue weighted by atomic mass is 10.2. The molecule has 0 amide bonds. The van der Waals surface area contributed by atoms with Crippen molar-refractivity contribution >= 4 is 39.3 Å². The zero-order chi connectivity index (χ0) is 10.1. The van der Waals surface area contributed by atoms with Gasteiger partial charge in [0.15, 0.2) is 6.29 Å². The first-order chi connectivity index (χ1) is 6.74. The van der Waals surface area contributed by atoms with Crippen molar-refractivity contribution in [3.63, 3.8) is 0 Å². The van der Waals surface area contributed by atoms with Crippen molar-refractivity contribution in [1.82, 2.24) is 0 Å². The van der Waals surface area contributed by atoms with Crippen LogP contribution in [0.5, 0.6) is 5.75 Å². The van der Waals surface area contributed by atoms with E-state index in [1.165, 1.54) is 11.3 Å². The summed E-state index contributed by atoms with van der Waals surface area (Å²) in [6, 6.07) is 5.47. The Morgan fingerprint density at radius 1 is 1.43 bits per heavy atom. The molecule has 1 aromatic heterocycles. The molecule has 14 heavy (non-hydrogen) atoms. The topological polar surface area (TPSA) is 26.3 Å². The molecule has 0 aliphatic heterocycles. The van der Waals surface area contributed by atoms with E-state index in [1.807, 2.05) is 12.1 Å². The molecule has 0 unspecified atom stereocenters. The summed E-state index contributed by atoms with van der Waals surface area (Å²) < 4.78 is 6.79. The molecule has 0 saturated heterocycles. The van der Waals surface area contributed by atoms with E-state index in [0.29, 0.717) is 15.6 Å². The molecule has 1 aromatic carbocycles. The second kappa shape index (κ2) is 3.59. The highest BCUT2D eigenvalue weighted by molar-refractivity contribution is 7.22. The molecule has 72 valence electrons. The highest BCUT2D eigenvalue weighted by Crippen LogP contribution is 2.33. The number of fused-ring (bicyclic) bond motifs is 1. The lowest BCUT2D eigenvalue weighted by molar-refractivity contribution is 0.112. The van der Waals surface area contributed by atoms with Gasteiger partial charge in [-0.2, -0.15) is 0 Å². The minimum absolute atomic E-state index is 0.554. The van der Waals surface area contributed by atoms with E-state index >= 15 is 0 Å². The maximum absolute atomic E-state index is 10.7. The molecule has 0 aliphatic carbocycles. The first kappa shape index (κ1) is 9.49. The SMILES string of the molecule is COc1cc2cc(Cl)sc2cc1C=O. The van der Waals surface area contributed by atoms with E-state index in [1.54, 1.807) is 13.2 Å². The number of carbonyl (C=O) groups excluding carboxylic acids is 1. The molecule has 2 aromatic rings. The van der Waals surface area contributed by atoms with Gasteiger partial charge in [-0.1, -0.05) is 11.6 Å². The summed E-state index contributed by atoms with van der Waals surface area (Å²) in [6.07, 6.45) is 0.784. The standard InChI is InChI=1S/C10H7ClO2S/c1-13-8-2-6-4-10(11)14-9(6)3-7(8)5-12/h2-5H,1H3. The average Bonchev–Trinajstić information content (AvgIpc) is 2.54. The van der Waals surface area contributed by atoms with Gasteiger partial charge in [-0.25, -0.2) is 0 Å². The Balaban J connectivity index is 2.74. The maximum atomic E-state index is 10.7. The number of ether oxygens (including phenoxy) is 1. The largest absolute Gasteiger partial charge is 0.496 e. The van der Waals surface area contributed by atoms with Gasteiger partial charge in [-0.15, -0.1) is 11.3 Å². The molecule has 1 heterocycles. The number of hydrogen-bond acceptors (Lipinski definition) is 3. The van der Waals surface area contributed by atoms with Crippen LogP contribution in [0.3, 0.4) is 0 Å². The van der Waals surface area contributed by atoms with Crippen LogP contribution in [0, 0.1) is 0 Å². The molecule has 0 N–H and O–H groups in total. The van der Waals surface area contributed by atoms with Crippen LogP contribution in [-0.4, -0.2) is 13.4 Å². The van der Waals surface area contributed by atoms with Crippen molar-refractivity contribution in [3.8, 4) is 5.75 Å². The van der Waals surface area contributed by atoms with Crippen molar-refractivity contribution in [2.24, 2.45) is 0 Å². The maximum Gasteiger partial charge on any atom is 0.153 e. The van der Waals surface area contributed by atoms with Gasteiger partial charge in [-0.3, -0.25) is 4.79 Å². The van der Waals surface area contributed by atoms with Crippen molar-refractivity contribution < 1.29 is 9.53 Å². The number of halogens is 1. The summed E-state index contributed by atoms with van der Waals surface area (Å²) in [7, 11) is 1.54. The van der Waals surface area contributed by atoms with E-state index in [4.69, 9.17) is 16.3 Å². The zero-order valence-electron chi connectivity index (χ0n) is 7.41. The van der Waals surface area contributed by atoms with Crippen LogP contribution >= 0.6 is 22.9 Å². The van der Waals surface area contributed by atoms with Gasteiger partial charge in [-0.05, 0) is 23.6 Å². The van der Waals surface area contributed by atoms with Crippen LogP contribution < -0.4 is 4.74 Å². The van der Waals surface area contributed by atoms with Gasteiger partial charge in [0.05, 0.1) is 17.0 Å². The second-order valence-electron chi connectivity index (χ2n) is 2.80. The molecule has 2 nitrogen and oxygen atoms in total. The van der Waals surface area contributed by atoms with Gasteiger partial charge < -0.3 is 4.74 Å². The fourth-order valence-corrected chi connectivity index (χ4v) is 2.50. The molecule has 0 radical (unpaired) electrons. The summed E-state index contributed by atoms with van der Waals surface area (Å²) in [5, 5.41) is 1.00. The number of carbonyl (C=O) groups is 1. The van der Waals surface area contributed by atoms with Crippen molar-refractivity contribution in [1.29, 1.82) is 0 Å². The van der Waals surface area contributed by atoms with Gasteiger partial charge in [0.1, 0.15) is 5.75 Å². The van der Waals surface area contributed by atoms with Crippen molar-refractivity contribution in [2.75, 3.05) is 7.11 Å². The first-order valence-electron chi connectivity index (χ1n) is 3.97. The highest BCUT2D eigenvalue weighted by Gasteiger charge is 2.06. The third-order valence-corrected chi connectivity index (χ3v) is 3.19. The Labute approximate surface area is 90.1 Å². The van der Waals surface area contributed by atoms with Crippen LogP contribution in [0.25, 0.3) is 10.1 Å². The molecular formula is C10H7ClO2S. The van der Waals surface area contributed by atoms with Crippen molar-refractivity contribution in [3.05, 3.63) is 28.1 Å². The first-order valence-corrected chi connectivity index (χ1v) is 5.16. The van der Waals surface area contributed by atoms with Crippen LogP contribution in [0.15, 0.2) is 18.2 Å². The zero-order valence-corrected chi connectivity index (χ0v) is 8.98. The predicted octanol–water partition coefficient (Wildman–Crippen LogP) is 3.38. The minimum Gasteiger partial charge on any atom is -0.496 e. The number of rotatable bonds is 2. The van der Waals surface area contributed by atoms with E-state index in [9.17, 15) is 4.79 Å². The lowest BCUT2D eigenvalue weighted by Crippen LogP contribution is -1.89. The molecule has 0 bridgehead atoms. The predicted molar refractivity (Wildman–Crippen MR) is 58.8 cm³/mol. The van der Waals surface area contributed by atoms with Gasteiger partial charge in [0.25, 0.3) is 0 Å². The van der Waals surface area contributed by atoms with Crippen molar-refractivity contribution in [2.45, 2.75) is 0 Å². The molecule has 0 saturated carbocycles. The lowest BCUT2D eigenvalue weighted by Gasteiger charge is -2.02. The Hall–Kier alpha value is -1.06. The normalized spacial score (nSPS) is 10.4. The molecule has 0 spiro atoms. The van der Waals surface area contributed by atoms with E-state index in [2.05, 4.69) is 0 Å². The molecule has 2 rings (SSSR count). The molecule has 0 fully saturated rings. The third-order valence-electron chi connectivity index (χ3n) is 1.97. The fourth-order valence-electron chi connectivity index (χ4n) is 1.32.